The van der Waals surface area contributed by atoms with E-state index in [4.69, 9.17) is 5.84 Å². The van der Waals surface area contributed by atoms with Crippen LogP contribution in [0, 0.1) is 0 Å². The minimum Gasteiger partial charge on any atom is -0.321 e. The lowest BCUT2D eigenvalue weighted by Crippen LogP contribution is -2.31. The molecule has 0 aliphatic heterocycles. The third-order valence-corrected chi connectivity index (χ3v) is 2.24. The molecule has 0 radical (unpaired) electrons. The highest BCUT2D eigenvalue weighted by atomic mass is 79.9. The van der Waals surface area contributed by atoms with Gasteiger partial charge in [0.05, 0.1) is 11.9 Å². The molecule has 0 bridgehead atoms. The van der Waals surface area contributed by atoms with E-state index in [9.17, 15) is 18.0 Å². The fourth-order valence-electron chi connectivity index (χ4n) is 0.848. The molecule has 0 fully saturated rings. The topological polar surface area (TPSA) is 72.9 Å². The van der Waals surface area contributed by atoms with Crippen molar-refractivity contribution in [2.24, 2.45) is 5.84 Å². The van der Waals surface area contributed by atoms with Gasteiger partial charge < -0.3 is 5.43 Å². The number of nitrogen functional groups attached to an aromatic ring is 1. The Morgan fingerprint density at radius 3 is 2.67 bits per heavy atom. The zero-order valence-electron chi connectivity index (χ0n) is 7.18. The number of hydrogen-bond donors (Lipinski definition) is 2. The number of hydrogen-bond acceptors (Lipinski definition) is 4. The van der Waals surface area contributed by atoms with Gasteiger partial charge in [0.1, 0.15) is 11.0 Å². The van der Waals surface area contributed by atoms with Gasteiger partial charge in [-0.3, -0.25) is 10.6 Å². The Kier molecular flexibility index (Phi) is 3.35. The molecule has 1 aromatic heterocycles. The van der Waals surface area contributed by atoms with E-state index in [1.54, 1.807) is 0 Å². The van der Waals surface area contributed by atoms with Gasteiger partial charge in [-0.25, -0.2) is 4.68 Å². The highest BCUT2D eigenvalue weighted by molar-refractivity contribution is 9.10. The summed E-state index contributed by atoms with van der Waals surface area (Å²) in [7, 11) is 0. The first-order chi connectivity index (χ1) is 6.85. The smallest absolute Gasteiger partial charge is 0.321 e. The Morgan fingerprint density at radius 2 is 2.20 bits per heavy atom. The van der Waals surface area contributed by atoms with E-state index in [-0.39, 0.29) is 10.2 Å². The molecule has 3 N–H and O–H groups in total. The molecule has 1 aromatic rings. The average molecular weight is 287 g/mol. The van der Waals surface area contributed by atoms with Gasteiger partial charge in [0.25, 0.3) is 5.56 Å². The van der Waals surface area contributed by atoms with Gasteiger partial charge in [-0.1, -0.05) is 0 Å². The number of hydrazine groups is 1. The third-order valence-electron chi connectivity index (χ3n) is 1.47. The standard InChI is InChI=1S/C6H6BrF3N4O/c7-4-3(13-11)1-12-14(5(4)15)2-6(8,9)10/h1,13H,2,11H2. The van der Waals surface area contributed by atoms with Crippen LogP contribution in [0.5, 0.6) is 0 Å². The number of nitrogens with zero attached hydrogens (tertiary/aromatic N) is 2. The van der Waals surface area contributed by atoms with E-state index < -0.39 is 18.3 Å². The number of rotatable bonds is 2. The molecular weight excluding hydrogens is 281 g/mol. The van der Waals surface area contributed by atoms with E-state index in [0.29, 0.717) is 4.68 Å². The zero-order valence-corrected chi connectivity index (χ0v) is 8.76. The Hall–Kier alpha value is -1.09. The third kappa shape index (κ3) is 2.93. The predicted molar refractivity (Wildman–Crippen MR) is 50.1 cm³/mol. The fraction of sp³-hybridized carbons (Fsp3) is 0.333. The van der Waals surface area contributed by atoms with Crippen molar-refractivity contribution in [2.75, 3.05) is 5.43 Å². The van der Waals surface area contributed by atoms with Crippen molar-refractivity contribution in [3.63, 3.8) is 0 Å². The maximum absolute atomic E-state index is 12.0. The van der Waals surface area contributed by atoms with E-state index in [0.717, 1.165) is 6.20 Å². The van der Waals surface area contributed by atoms with Crippen molar-refractivity contribution >= 4 is 21.6 Å². The molecule has 0 saturated carbocycles. The first-order valence-electron chi connectivity index (χ1n) is 3.64. The first kappa shape index (κ1) is 12.0. The van der Waals surface area contributed by atoms with Crippen LogP contribution in [-0.2, 0) is 6.54 Å². The summed E-state index contributed by atoms with van der Waals surface area (Å²) in [4.78, 5) is 11.3. The molecule has 0 saturated heterocycles. The molecular formula is C6H6BrF3N4O. The van der Waals surface area contributed by atoms with Gasteiger partial charge in [-0.2, -0.15) is 18.3 Å². The second-order valence-corrected chi connectivity index (χ2v) is 3.39. The minimum absolute atomic E-state index is 0.0933. The molecule has 0 atom stereocenters. The van der Waals surface area contributed by atoms with Gasteiger partial charge in [-0.15, -0.1) is 0 Å². The van der Waals surface area contributed by atoms with Crippen LogP contribution in [0.15, 0.2) is 15.5 Å². The van der Waals surface area contributed by atoms with Crippen molar-refractivity contribution in [1.29, 1.82) is 0 Å². The minimum atomic E-state index is -4.49. The fourth-order valence-corrected chi connectivity index (χ4v) is 1.27. The van der Waals surface area contributed by atoms with Crippen LogP contribution in [0.3, 0.4) is 0 Å². The molecule has 0 spiro atoms. The largest absolute Gasteiger partial charge is 0.408 e. The van der Waals surface area contributed by atoms with Gasteiger partial charge in [-0.05, 0) is 15.9 Å². The summed E-state index contributed by atoms with van der Waals surface area (Å²) in [6, 6.07) is 0. The number of alkyl halides is 3. The van der Waals surface area contributed by atoms with Crippen molar-refractivity contribution in [1.82, 2.24) is 9.78 Å². The SMILES string of the molecule is NNc1cnn(CC(F)(F)F)c(=O)c1Br. The van der Waals surface area contributed by atoms with Gasteiger partial charge >= 0.3 is 6.18 Å². The zero-order chi connectivity index (χ0) is 11.6. The van der Waals surface area contributed by atoms with Crippen LogP contribution in [-0.4, -0.2) is 16.0 Å². The van der Waals surface area contributed by atoms with Crippen LogP contribution < -0.4 is 16.8 Å². The van der Waals surface area contributed by atoms with Gasteiger partial charge in [0.15, 0.2) is 0 Å². The van der Waals surface area contributed by atoms with Crippen molar-refractivity contribution in [3.8, 4) is 0 Å². The number of halogens is 4. The molecule has 84 valence electrons. The Bertz CT molecular complexity index is 416. The summed E-state index contributed by atoms with van der Waals surface area (Å²) in [5.41, 5.74) is 1.35. The van der Waals surface area contributed by atoms with E-state index in [1.807, 2.05) is 0 Å². The Morgan fingerprint density at radius 1 is 1.60 bits per heavy atom. The molecule has 0 aliphatic rings. The molecule has 0 amide bonds. The first-order valence-corrected chi connectivity index (χ1v) is 4.43. The lowest BCUT2D eigenvalue weighted by Gasteiger charge is -2.09. The van der Waals surface area contributed by atoms with Gasteiger partial charge in [0, 0.05) is 0 Å². The summed E-state index contributed by atoms with van der Waals surface area (Å²) < 4.78 is 36.1. The monoisotopic (exact) mass is 286 g/mol. The summed E-state index contributed by atoms with van der Waals surface area (Å²) in [6.07, 6.45) is -3.47. The number of aromatic nitrogens is 2. The average Bonchev–Trinajstić information content (AvgIpc) is 2.11. The summed E-state index contributed by atoms with van der Waals surface area (Å²) in [5.74, 6) is 5.01. The van der Waals surface area contributed by atoms with E-state index in [2.05, 4.69) is 26.5 Å². The molecule has 0 aliphatic carbocycles. The van der Waals surface area contributed by atoms with Crippen LogP contribution in [0.25, 0.3) is 0 Å². The Balaban J connectivity index is 3.13. The second-order valence-electron chi connectivity index (χ2n) is 2.59. The lowest BCUT2D eigenvalue weighted by molar-refractivity contribution is -0.143. The highest BCUT2D eigenvalue weighted by Crippen LogP contribution is 2.18. The van der Waals surface area contributed by atoms with Crippen LogP contribution >= 0.6 is 15.9 Å². The van der Waals surface area contributed by atoms with E-state index >= 15 is 0 Å². The molecule has 15 heavy (non-hydrogen) atoms. The second kappa shape index (κ2) is 4.19. The molecule has 0 unspecified atom stereocenters. The summed E-state index contributed by atoms with van der Waals surface area (Å²) in [6.45, 7) is -1.44. The summed E-state index contributed by atoms with van der Waals surface area (Å²) in [5, 5.41) is 3.31. The van der Waals surface area contributed by atoms with Gasteiger partial charge in [0.2, 0.25) is 0 Å². The number of anilines is 1. The highest BCUT2D eigenvalue weighted by Gasteiger charge is 2.29. The normalized spacial score (nSPS) is 11.5. The summed E-state index contributed by atoms with van der Waals surface area (Å²) >= 11 is 2.82. The molecule has 1 rings (SSSR count). The molecule has 1 heterocycles. The Labute approximate surface area is 90.2 Å². The lowest BCUT2D eigenvalue weighted by atomic mass is 10.5. The van der Waals surface area contributed by atoms with Crippen molar-refractivity contribution in [3.05, 3.63) is 21.0 Å². The van der Waals surface area contributed by atoms with Crippen LogP contribution in [0.4, 0.5) is 18.9 Å². The molecule has 5 nitrogen and oxygen atoms in total. The molecule has 9 heteroatoms. The van der Waals surface area contributed by atoms with Crippen molar-refractivity contribution < 1.29 is 13.2 Å². The van der Waals surface area contributed by atoms with Crippen LogP contribution in [0.1, 0.15) is 0 Å². The predicted octanol–water partition coefficient (Wildman–Crippen LogP) is 0.854. The maximum atomic E-state index is 12.0. The van der Waals surface area contributed by atoms with E-state index in [1.165, 1.54) is 0 Å². The van der Waals surface area contributed by atoms with Crippen molar-refractivity contribution in [2.45, 2.75) is 12.7 Å². The maximum Gasteiger partial charge on any atom is 0.408 e. The van der Waals surface area contributed by atoms with Crippen LogP contribution in [0.2, 0.25) is 0 Å². The number of nitrogens with two attached hydrogens (primary N) is 1. The number of nitrogens with one attached hydrogen (secondary N) is 1. The molecule has 0 aromatic carbocycles. The quantitative estimate of drug-likeness (QED) is 0.625.